The molecular weight excluding hydrogens is 501 g/mol. The maximum Gasteiger partial charge on any atom is 0.123 e. The van der Waals surface area contributed by atoms with Crippen LogP contribution >= 0.6 is 67.8 Å². The molecule has 0 aromatic heterocycles. The molecule has 0 bridgehead atoms. The molecule has 0 nitrogen and oxygen atoms in total. The minimum atomic E-state index is 0.453. The van der Waals surface area contributed by atoms with Gasteiger partial charge >= 0.3 is 0 Å². The molecule has 0 unspecified atom stereocenters. The number of alkyl halides is 3. The third kappa shape index (κ3) is 13.3. The van der Waals surface area contributed by atoms with Crippen LogP contribution in [0.5, 0.6) is 0 Å². The second-order valence-corrected chi connectivity index (χ2v) is 7.95. The summed E-state index contributed by atoms with van der Waals surface area (Å²) in [6.07, 6.45) is 4.42. The Labute approximate surface area is 122 Å². The first-order valence-electron chi connectivity index (χ1n) is 4.05. The largest absolute Gasteiger partial charge is 0.123 e. The quantitative estimate of drug-likeness (QED) is 0.231. The minimum absolute atomic E-state index is 0.453. The first kappa shape index (κ1) is 14.3. The topological polar surface area (TPSA) is 0 Å². The van der Waals surface area contributed by atoms with Gasteiger partial charge in [-0.3, -0.25) is 0 Å². The van der Waals surface area contributed by atoms with Gasteiger partial charge in [0.25, 0.3) is 0 Å². The van der Waals surface area contributed by atoms with E-state index in [-0.39, 0.29) is 0 Å². The average molecular weight is 512 g/mol. The number of rotatable bonds is 3. The van der Waals surface area contributed by atoms with Crippen LogP contribution in [-0.2, 0) is 0 Å². The van der Waals surface area contributed by atoms with Gasteiger partial charge in [0.05, 0.1) is 4.43 Å². The molecule has 0 amide bonds. The van der Waals surface area contributed by atoms with E-state index in [4.69, 9.17) is 0 Å². The lowest BCUT2D eigenvalue weighted by atomic mass is 10.2. The van der Waals surface area contributed by atoms with E-state index >= 15 is 0 Å². The second-order valence-electron chi connectivity index (χ2n) is 2.32. The maximum absolute atomic E-state index is 3.16. The fraction of sp³-hybridized carbons (Fsp3) is 0.600. The van der Waals surface area contributed by atoms with Crippen LogP contribution in [0.25, 0.3) is 0 Å². The van der Waals surface area contributed by atoms with Crippen LogP contribution < -0.4 is 0 Å². The van der Waals surface area contributed by atoms with E-state index < -0.39 is 0 Å². The van der Waals surface area contributed by atoms with E-state index in [2.05, 4.69) is 91.5 Å². The summed E-state index contributed by atoms with van der Waals surface area (Å²) in [5.74, 6) is 12.5. The van der Waals surface area contributed by atoms with E-state index in [0.717, 1.165) is 17.3 Å². The Balaban J connectivity index is 3.23. The first-order chi connectivity index (χ1) is 6.27. The van der Waals surface area contributed by atoms with Crippen LogP contribution in [-0.4, -0.2) is 6.36 Å². The molecule has 0 aliphatic heterocycles. The van der Waals surface area contributed by atoms with Crippen LogP contribution in [0.3, 0.4) is 0 Å². The van der Waals surface area contributed by atoms with E-state index in [9.17, 15) is 0 Å². The smallest absolute Gasteiger partial charge is 0.103 e. The molecule has 0 fully saturated rings. The van der Waals surface area contributed by atoms with E-state index in [1.807, 2.05) is 0 Å². The Morgan fingerprint density at radius 1 is 0.923 bits per heavy atom. The molecule has 0 radical (unpaired) electrons. The van der Waals surface area contributed by atoms with Gasteiger partial charge in [0.1, 0.15) is 1.93 Å². The predicted octanol–water partition coefficient (Wildman–Crippen LogP) is 4.18. The number of unbranched alkanes of at least 4 members (excludes halogenated alkanes) is 3. The number of hydrogen-bond acceptors (Lipinski definition) is 0. The van der Waals surface area contributed by atoms with Crippen molar-refractivity contribution in [1.82, 2.24) is 0 Å². The summed E-state index contributed by atoms with van der Waals surface area (Å²) < 4.78 is 1.40. The first-order valence-corrected chi connectivity index (χ1v) is 8.07. The monoisotopic (exact) mass is 512 g/mol. The molecule has 0 aromatic rings. The maximum atomic E-state index is 3.16. The van der Waals surface area contributed by atoms with Crippen LogP contribution in [0.4, 0.5) is 0 Å². The molecule has 72 valence electrons. The van der Waals surface area contributed by atoms with Crippen LogP contribution in [0.15, 0.2) is 0 Å². The molecule has 0 N–H and O–H groups in total. The van der Waals surface area contributed by atoms with Gasteiger partial charge in [0.2, 0.25) is 0 Å². The van der Waals surface area contributed by atoms with Crippen molar-refractivity contribution in [3.05, 3.63) is 0 Å². The number of hydrogen-bond donors (Lipinski definition) is 0. The molecule has 0 rings (SSSR count). The van der Waals surface area contributed by atoms with Gasteiger partial charge < -0.3 is 0 Å². The Bertz CT molecular complexity index is 224. The molecule has 0 saturated heterocycles. The van der Waals surface area contributed by atoms with Crippen molar-refractivity contribution in [2.45, 2.75) is 27.6 Å². The van der Waals surface area contributed by atoms with Crippen molar-refractivity contribution in [3.63, 3.8) is 0 Å². The van der Waals surface area contributed by atoms with Crippen molar-refractivity contribution >= 4 is 67.8 Å². The molecule has 3 heteroatoms. The molecule has 0 spiro atoms. The molecule has 0 aromatic carbocycles. The molecule has 0 heterocycles. The summed E-state index contributed by atoms with van der Waals surface area (Å²) in [5.41, 5.74) is 0. The van der Waals surface area contributed by atoms with Gasteiger partial charge in [0.15, 0.2) is 0 Å². The molecule has 0 aliphatic carbocycles. The highest BCUT2D eigenvalue weighted by Gasteiger charge is 1.86. The fourth-order valence-electron chi connectivity index (χ4n) is 0.712. The summed E-state index contributed by atoms with van der Waals surface area (Å²) in [4.78, 5) is 0. The van der Waals surface area contributed by atoms with Gasteiger partial charge in [-0.1, -0.05) is 79.6 Å². The molecule has 13 heavy (non-hydrogen) atoms. The highest BCUT2D eigenvalue weighted by Crippen LogP contribution is 2.07. The normalized spacial score (nSPS) is 8.62. The van der Waals surface area contributed by atoms with Gasteiger partial charge in [-0.15, -0.1) is 11.8 Å². The van der Waals surface area contributed by atoms with Gasteiger partial charge in [-0.25, -0.2) is 0 Å². The summed E-state index contributed by atoms with van der Waals surface area (Å²) in [6, 6.07) is 0. The minimum Gasteiger partial charge on any atom is -0.103 e. The zero-order valence-corrected chi connectivity index (χ0v) is 13.7. The summed E-state index contributed by atoms with van der Waals surface area (Å²) in [5, 5.41) is 0. The second kappa shape index (κ2) is 11.4. The Kier molecular flexibility index (Phi) is 12.5. The lowest BCUT2D eigenvalue weighted by Gasteiger charge is -1.89. The van der Waals surface area contributed by atoms with Gasteiger partial charge in [0, 0.05) is 12.8 Å². The average Bonchev–Trinajstić information content (AvgIpc) is 2.09. The van der Waals surface area contributed by atoms with Crippen LogP contribution in [0, 0.1) is 23.7 Å². The highest BCUT2D eigenvalue weighted by molar-refractivity contribution is 14.2. The number of halogens is 3. The van der Waals surface area contributed by atoms with Crippen LogP contribution in [0.2, 0.25) is 0 Å². The molecule has 0 atom stereocenters. The lowest BCUT2D eigenvalue weighted by Crippen LogP contribution is -1.76. The van der Waals surface area contributed by atoms with Gasteiger partial charge in [-0.2, -0.15) is 0 Å². The third-order valence-electron chi connectivity index (χ3n) is 1.26. The van der Waals surface area contributed by atoms with Crippen molar-refractivity contribution in [2.24, 2.45) is 0 Å². The van der Waals surface area contributed by atoms with Crippen molar-refractivity contribution < 1.29 is 0 Å². The summed E-state index contributed by atoms with van der Waals surface area (Å²) in [7, 11) is 0. The highest BCUT2D eigenvalue weighted by atomic mass is 127. The van der Waals surface area contributed by atoms with Crippen molar-refractivity contribution in [2.75, 3.05) is 4.43 Å². The van der Waals surface area contributed by atoms with E-state index in [1.165, 1.54) is 12.8 Å². The van der Waals surface area contributed by atoms with Crippen molar-refractivity contribution in [3.8, 4) is 23.7 Å². The zero-order chi connectivity index (χ0) is 9.94. The van der Waals surface area contributed by atoms with E-state index in [1.54, 1.807) is 0 Å². The van der Waals surface area contributed by atoms with Gasteiger partial charge in [-0.05, 0) is 12.8 Å². The Morgan fingerprint density at radius 2 is 1.54 bits per heavy atom. The molecule has 0 aliphatic rings. The third-order valence-corrected chi connectivity index (χ3v) is 2.26. The standard InChI is InChI=1S/C10H11I3/c11-9-7-5-3-1-2-4-6-8-10(12)13/h10H,1-4,9H2. The SMILES string of the molecule is ICC#CCCCCC#CC(I)I. The van der Waals surface area contributed by atoms with Crippen molar-refractivity contribution in [1.29, 1.82) is 0 Å². The fourth-order valence-corrected chi connectivity index (χ4v) is 1.42. The Morgan fingerprint density at radius 3 is 2.08 bits per heavy atom. The van der Waals surface area contributed by atoms with E-state index in [0.29, 0.717) is 1.93 Å². The van der Waals surface area contributed by atoms with Crippen LogP contribution in [0.1, 0.15) is 25.7 Å². The molecular formula is C10H11I3. The predicted molar refractivity (Wildman–Crippen MR) is 84.7 cm³/mol. The Hall–Kier alpha value is 1.31. The lowest BCUT2D eigenvalue weighted by molar-refractivity contribution is 0.782. The summed E-state index contributed by atoms with van der Waals surface area (Å²) >= 11 is 6.89. The summed E-state index contributed by atoms with van der Waals surface area (Å²) in [6.45, 7) is 0. The molecule has 0 saturated carbocycles. The zero-order valence-electron chi connectivity index (χ0n) is 7.25.